The number of amides is 1. The average Bonchev–Trinajstić information content (AvgIpc) is 2.77. The van der Waals surface area contributed by atoms with Crippen molar-refractivity contribution < 1.29 is 9.18 Å². The van der Waals surface area contributed by atoms with E-state index in [9.17, 15) is 9.18 Å². The summed E-state index contributed by atoms with van der Waals surface area (Å²) in [5.74, 6) is -0.149. The molecule has 0 bridgehead atoms. The summed E-state index contributed by atoms with van der Waals surface area (Å²) >= 11 is 0. The molecule has 0 heterocycles. The molecular formula is C13H17FN2O. The molecule has 1 amide bonds. The molecule has 1 aliphatic rings. The van der Waals surface area contributed by atoms with Crippen molar-refractivity contribution in [2.45, 2.75) is 25.7 Å². The van der Waals surface area contributed by atoms with Gasteiger partial charge in [-0.3, -0.25) is 4.79 Å². The predicted molar refractivity (Wildman–Crippen MR) is 65.1 cm³/mol. The fourth-order valence-electron chi connectivity index (χ4n) is 2.30. The third-order valence-corrected chi connectivity index (χ3v) is 3.21. The molecule has 1 aromatic carbocycles. The van der Waals surface area contributed by atoms with E-state index >= 15 is 0 Å². The van der Waals surface area contributed by atoms with Crippen molar-refractivity contribution >= 4 is 11.6 Å². The standard InChI is InChI=1S/C13H17FN2O/c14-11-5-10(6-12(15)7-11)13(17)16-8-9-3-1-2-4-9/h5-7,9H,1-4,8,15H2,(H,16,17). The molecule has 3 nitrogen and oxygen atoms in total. The molecule has 1 aromatic rings. The van der Waals surface area contributed by atoms with E-state index in [-0.39, 0.29) is 11.6 Å². The molecule has 92 valence electrons. The summed E-state index contributed by atoms with van der Waals surface area (Å²) in [6.45, 7) is 0.676. The summed E-state index contributed by atoms with van der Waals surface area (Å²) in [5, 5.41) is 2.83. The first kappa shape index (κ1) is 11.9. The number of nitrogens with one attached hydrogen (secondary N) is 1. The van der Waals surface area contributed by atoms with Gasteiger partial charge in [-0.1, -0.05) is 12.8 Å². The van der Waals surface area contributed by atoms with E-state index in [0.29, 0.717) is 18.0 Å². The summed E-state index contributed by atoms with van der Waals surface area (Å²) in [5.41, 5.74) is 6.06. The summed E-state index contributed by atoms with van der Waals surface area (Å²) in [7, 11) is 0. The lowest BCUT2D eigenvalue weighted by Gasteiger charge is -2.10. The molecule has 4 heteroatoms. The Labute approximate surface area is 100 Å². The van der Waals surface area contributed by atoms with Gasteiger partial charge in [0.05, 0.1) is 0 Å². The highest BCUT2D eigenvalue weighted by molar-refractivity contribution is 5.95. The van der Waals surface area contributed by atoms with Crippen molar-refractivity contribution in [1.82, 2.24) is 5.32 Å². The predicted octanol–water partition coefficient (Wildman–Crippen LogP) is 2.33. The Morgan fingerprint density at radius 2 is 2.06 bits per heavy atom. The third-order valence-electron chi connectivity index (χ3n) is 3.21. The lowest BCUT2D eigenvalue weighted by atomic mass is 10.1. The first-order valence-electron chi connectivity index (χ1n) is 5.99. The number of halogens is 1. The van der Waals surface area contributed by atoms with Crippen molar-refractivity contribution in [3.8, 4) is 0 Å². The Bertz CT molecular complexity index is 394. The van der Waals surface area contributed by atoms with Crippen molar-refractivity contribution in [1.29, 1.82) is 0 Å². The van der Waals surface area contributed by atoms with E-state index in [2.05, 4.69) is 5.32 Å². The van der Waals surface area contributed by atoms with Gasteiger partial charge < -0.3 is 11.1 Å². The Morgan fingerprint density at radius 1 is 1.35 bits per heavy atom. The SMILES string of the molecule is Nc1cc(F)cc(C(=O)NCC2CCCC2)c1. The minimum atomic E-state index is -0.476. The van der Waals surface area contributed by atoms with Gasteiger partial charge >= 0.3 is 0 Å². The minimum absolute atomic E-state index is 0.247. The molecule has 0 spiro atoms. The van der Waals surface area contributed by atoms with Gasteiger partial charge in [-0.2, -0.15) is 0 Å². The van der Waals surface area contributed by atoms with Crippen molar-refractivity contribution in [2.75, 3.05) is 12.3 Å². The van der Waals surface area contributed by atoms with E-state index in [1.165, 1.54) is 43.9 Å². The van der Waals surface area contributed by atoms with Gasteiger partial charge in [-0.15, -0.1) is 0 Å². The van der Waals surface area contributed by atoms with E-state index in [4.69, 9.17) is 5.73 Å². The van der Waals surface area contributed by atoms with Crippen LogP contribution in [0.25, 0.3) is 0 Å². The zero-order valence-corrected chi connectivity index (χ0v) is 9.71. The normalized spacial score (nSPS) is 16.1. The zero-order valence-electron chi connectivity index (χ0n) is 9.71. The third kappa shape index (κ3) is 3.19. The van der Waals surface area contributed by atoms with Crippen LogP contribution in [0.5, 0.6) is 0 Å². The Kier molecular flexibility index (Phi) is 3.61. The molecule has 0 atom stereocenters. The maximum atomic E-state index is 13.1. The van der Waals surface area contributed by atoms with Crippen LogP contribution in [-0.2, 0) is 0 Å². The number of rotatable bonds is 3. The highest BCUT2D eigenvalue weighted by Crippen LogP contribution is 2.23. The molecule has 1 saturated carbocycles. The smallest absolute Gasteiger partial charge is 0.251 e. The van der Waals surface area contributed by atoms with Crippen LogP contribution in [0.2, 0.25) is 0 Å². The topological polar surface area (TPSA) is 55.1 Å². The summed E-state index contributed by atoms with van der Waals surface area (Å²) in [6, 6.07) is 3.90. The summed E-state index contributed by atoms with van der Waals surface area (Å²) in [4.78, 5) is 11.8. The second kappa shape index (κ2) is 5.17. The molecule has 2 rings (SSSR count). The monoisotopic (exact) mass is 236 g/mol. The number of anilines is 1. The van der Waals surface area contributed by atoms with Crippen LogP contribution in [-0.4, -0.2) is 12.5 Å². The molecule has 3 N–H and O–H groups in total. The average molecular weight is 236 g/mol. The molecule has 1 aliphatic carbocycles. The maximum Gasteiger partial charge on any atom is 0.251 e. The van der Waals surface area contributed by atoms with Crippen LogP contribution < -0.4 is 11.1 Å². The van der Waals surface area contributed by atoms with Crippen LogP contribution >= 0.6 is 0 Å². The van der Waals surface area contributed by atoms with Crippen LogP contribution in [0, 0.1) is 11.7 Å². The fraction of sp³-hybridized carbons (Fsp3) is 0.462. The number of nitrogen functional groups attached to an aromatic ring is 1. The van der Waals surface area contributed by atoms with Gasteiger partial charge in [-0.05, 0) is 37.0 Å². The van der Waals surface area contributed by atoms with Crippen molar-refractivity contribution in [3.05, 3.63) is 29.6 Å². The number of benzene rings is 1. The molecule has 0 aromatic heterocycles. The summed E-state index contributed by atoms with van der Waals surface area (Å²) in [6.07, 6.45) is 4.83. The van der Waals surface area contributed by atoms with Gasteiger partial charge in [0.25, 0.3) is 5.91 Å². The van der Waals surface area contributed by atoms with E-state index in [0.717, 1.165) is 0 Å². The molecular weight excluding hydrogens is 219 g/mol. The molecule has 0 radical (unpaired) electrons. The van der Waals surface area contributed by atoms with Gasteiger partial charge in [0.15, 0.2) is 0 Å². The van der Waals surface area contributed by atoms with E-state index in [1.54, 1.807) is 0 Å². The molecule has 17 heavy (non-hydrogen) atoms. The molecule has 0 unspecified atom stereocenters. The van der Waals surface area contributed by atoms with Crippen molar-refractivity contribution in [2.24, 2.45) is 5.92 Å². The van der Waals surface area contributed by atoms with Gasteiger partial charge in [-0.25, -0.2) is 4.39 Å². The van der Waals surface area contributed by atoms with E-state index in [1.807, 2.05) is 0 Å². The van der Waals surface area contributed by atoms with Gasteiger partial charge in [0.2, 0.25) is 0 Å². The summed E-state index contributed by atoms with van der Waals surface area (Å²) < 4.78 is 13.1. The first-order chi connectivity index (χ1) is 8.15. The van der Waals surface area contributed by atoms with Crippen molar-refractivity contribution in [3.63, 3.8) is 0 Å². The van der Waals surface area contributed by atoms with Crippen LogP contribution in [0.1, 0.15) is 36.0 Å². The van der Waals surface area contributed by atoms with Gasteiger partial charge in [0, 0.05) is 17.8 Å². The molecule has 0 saturated heterocycles. The number of nitrogens with two attached hydrogens (primary N) is 1. The van der Waals surface area contributed by atoms with Crippen LogP contribution in [0.3, 0.4) is 0 Å². The Morgan fingerprint density at radius 3 is 2.71 bits per heavy atom. The highest BCUT2D eigenvalue weighted by Gasteiger charge is 2.16. The first-order valence-corrected chi connectivity index (χ1v) is 5.99. The minimum Gasteiger partial charge on any atom is -0.399 e. The molecule has 1 fully saturated rings. The van der Waals surface area contributed by atoms with Crippen LogP contribution in [0.4, 0.5) is 10.1 Å². The lowest BCUT2D eigenvalue weighted by molar-refractivity contribution is 0.0947. The number of hydrogen-bond acceptors (Lipinski definition) is 2. The Hall–Kier alpha value is -1.58. The van der Waals surface area contributed by atoms with Gasteiger partial charge in [0.1, 0.15) is 5.82 Å². The second-order valence-electron chi connectivity index (χ2n) is 4.63. The van der Waals surface area contributed by atoms with Crippen LogP contribution in [0.15, 0.2) is 18.2 Å². The maximum absolute atomic E-state index is 13.1. The Balaban J connectivity index is 1.94. The largest absolute Gasteiger partial charge is 0.399 e. The zero-order chi connectivity index (χ0) is 12.3. The number of carbonyl (C=O) groups excluding carboxylic acids is 1. The number of carbonyl (C=O) groups is 1. The van der Waals surface area contributed by atoms with E-state index < -0.39 is 5.82 Å². The highest BCUT2D eigenvalue weighted by atomic mass is 19.1. The molecule has 0 aliphatic heterocycles. The second-order valence-corrected chi connectivity index (χ2v) is 4.63. The fourth-order valence-corrected chi connectivity index (χ4v) is 2.30. The quantitative estimate of drug-likeness (QED) is 0.791. The number of hydrogen-bond donors (Lipinski definition) is 2. The lowest BCUT2D eigenvalue weighted by Crippen LogP contribution is -2.28.